The monoisotopic (exact) mass is 171 g/mol. The summed E-state index contributed by atoms with van der Waals surface area (Å²) < 4.78 is 4.47. The number of hydrogen-bond acceptors (Lipinski definition) is 3. The van der Waals surface area contributed by atoms with Crippen LogP contribution in [0.1, 0.15) is 6.92 Å². The Kier molecular flexibility index (Phi) is 4.76. The Balaban J connectivity index is 4.29. The number of methoxy groups -OCH3 is 1. The normalized spacial score (nSPS) is 11.5. The van der Waals surface area contributed by atoms with Crippen molar-refractivity contribution >= 4 is 12.4 Å². The molecule has 0 heterocycles. The fourth-order valence-electron chi connectivity index (χ4n) is 0.737. The SMILES string of the molecule is C=CCN(C(=O)OC)C(C)C=O. The van der Waals surface area contributed by atoms with Crippen molar-refractivity contribution < 1.29 is 14.3 Å². The van der Waals surface area contributed by atoms with Gasteiger partial charge in [-0.05, 0) is 6.92 Å². The van der Waals surface area contributed by atoms with Crippen LogP contribution in [-0.2, 0) is 9.53 Å². The quantitative estimate of drug-likeness (QED) is 0.465. The summed E-state index contributed by atoms with van der Waals surface area (Å²) in [5.41, 5.74) is 0. The third-order valence-corrected chi connectivity index (χ3v) is 1.42. The second-order valence-electron chi connectivity index (χ2n) is 2.29. The number of nitrogens with zero attached hydrogens (tertiary/aromatic N) is 1. The van der Waals surface area contributed by atoms with E-state index in [4.69, 9.17) is 0 Å². The average molecular weight is 171 g/mol. The smallest absolute Gasteiger partial charge is 0.410 e. The lowest BCUT2D eigenvalue weighted by molar-refractivity contribution is -0.111. The second kappa shape index (κ2) is 5.35. The first-order valence-electron chi connectivity index (χ1n) is 3.58. The largest absolute Gasteiger partial charge is 0.453 e. The van der Waals surface area contributed by atoms with E-state index in [0.29, 0.717) is 12.8 Å². The topological polar surface area (TPSA) is 46.6 Å². The number of carbonyl (C=O) groups excluding carboxylic acids is 2. The molecule has 0 aliphatic carbocycles. The molecule has 0 fully saturated rings. The van der Waals surface area contributed by atoms with E-state index in [1.54, 1.807) is 6.92 Å². The van der Waals surface area contributed by atoms with Crippen molar-refractivity contribution in [1.82, 2.24) is 4.90 Å². The van der Waals surface area contributed by atoms with Gasteiger partial charge >= 0.3 is 6.09 Å². The summed E-state index contributed by atoms with van der Waals surface area (Å²) in [5, 5.41) is 0. The maximum absolute atomic E-state index is 11.0. The molecule has 0 spiro atoms. The summed E-state index contributed by atoms with van der Waals surface area (Å²) in [6.45, 7) is 5.40. The summed E-state index contributed by atoms with van der Waals surface area (Å²) in [5.74, 6) is 0. The molecule has 0 aliphatic rings. The van der Waals surface area contributed by atoms with Gasteiger partial charge in [-0.3, -0.25) is 4.90 Å². The number of rotatable bonds is 4. The first-order valence-corrected chi connectivity index (χ1v) is 3.58. The Hall–Kier alpha value is -1.32. The van der Waals surface area contributed by atoms with Gasteiger partial charge in [-0.15, -0.1) is 6.58 Å². The average Bonchev–Trinajstić information content (AvgIpc) is 2.11. The van der Waals surface area contributed by atoms with Crippen LogP contribution in [-0.4, -0.2) is 37.0 Å². The van der Waals surface area contributed by atoms with Crippen LogP contribution in [0.25, 0.3) is 0 Å². The van der Waals surface area contributed by atoms with E-state index in [1.807, 2.05) is 0 Å². The minimum atomic E-state index is -0.519. The minimum absolute atomic E-state index is 0.312. The molecular weight excluding hydrogens is 158 g/mol. The van der Waals surface area contributed by atoms with Crippen molar-refractivity contribution in [2.45, 2.75) is 13.0 Å². The number of hydrogen-bond donors (Lipinski definition) is 0. The molecule has 0 saturated heterocycles. The molecular formula is C8H13NO3. The summed E-state index contributed by atoms with van der Waals surface area (Å²) >= 11 is 0. The summed E-state index contributed by atoms with van der Waals surface area (Å²) in [6, 6.07) is -0.476. The molecule has 0 rings (SSSR count). The van der Waals surface area contributed by atoms with E-state index in [0.717, 1.165) is 0 Å². The van der Waals surface area contributed by atoms with Gasteiger partial charge in [0.05, 0.1) is 13.2 Å². The molecule has 0 saturated carbocycles. The number of ether oxygens (including phenoxy) is 1. The van der Waals surface area contributed by atoms with Crippen LogP contribution in [0.3, 0.4) is 0 Å². The number of aldehydes is 1. The van der Waals surface area contributed by atoms with Crippen molar-refractivity contribution in [3.05, 3.63) is 12.7 Å². The van der Waals surface area contributed by atoms with Gasteiger partial charge in [0.15, 0.2) is 0 Å². The van der Waals surface area contributed by atoms with Crippen LogP contribution in [0.15, 0.2) is 12.7 Å². The van der Waals surface area contributed by atoms with Gasteiger partial charge in [0.2, 0.25) is 0 Å². The van der Waals surface area contributed by atoms with E-state index in [1.165, 1.54) is 18.1 Å². The second-order valence-corrected chi connectivity index (χ2v) is 2.29. The van der Waals surface area contributed by atoms with Crippen molar-refractivity contribution in [3.63, 3.8) is 0 Å². The van der Waals surface area contributed by atoms with Crippen molar-refractivity contribution in [2.75, 3.05) is 13.7 Å². The zero-order valence-corrected chi connectivity index (χ0v) is 7.32. The van der Waals surface area contributed by atoms with Crippen LogP contribution in [0.4, 0.5) is 4.79 Å². The van der Waals surface area contributed by atoms with Gasteiger partial charge in [-0.2, -0.15) is 0 Å². The van der Waals surface area contributed by atoms with E-state index in [-0.39, 0.29) is 0 Å². The molecule has 0 aromatic heterocycles. The van der Waals surface area contributed by atoms with Crippen LogP contribution >= 0.6 is 0 Å². The molecule has 12 heavy (non-hydrogen) atoms. The Bertz CT molecular complexity index is 179. The highest BCUT2D eigenvalue weighted by molar-refractivity contribution is 5.73. The van der Waals surface area contributed by atoms with Crippen molar-refractivity contribution in [1.29, 1.82) is 0 Å². The zero-order valence-electron chi connectivity index (χ0n) is 7.32. The Labute approximate surface area is 71.8 Å². The van der Waals surface area contributed by atoms with E-state index in [9.17, 15) is 9.59 Å². The summed E-state index contributed by atoms with van der Waals surface area (Å²) in [7, 11) is 1.27. The fourth-order valence-corrected chi connectivity index (χ4v) is 0.737. The first-order chi connectivity index (χ1) is 5.67. The number of carbonyl (C=O) groups is 2. The Morgan fingerprint density at radius 1 is 1.75 bits per heavy atom. The summed E-state index contributed by atoms with van der Waals surface area (Å²) in [6.07, 6.45) is 1.70. The maximum atomic E-state index is 11.0. The highest BCUT2D eigenvalue weighted by Gasteiger charge is 2.17. The third kappa shape index (κ3) is 2.74. The lowest BCUT2D eigenvalue weighted by Crippen LogP contribution is -2.39. The molecule has 4 nitrogen and oxygen atoms in total. The van der Waals surface area contributed by atoms with Gasteiger partial charge in [0.1, 0.15) is 6.29 Å². The van der Waals surface area contributed by atoms with E-state index < -0.39 is 12.1 Å². The maximum Gasteiger partial charge on any atom is 0.410 e. The van der Waals surface area contributed by atoms with Crippen molar-refractivity contribution in [2.24, 2.45) is 0 Å². The molecule has 4 heteroatoms. The van der Waals surface area contributed by atoms with E-state index in [2.05, 4.69) is 11.3 Å². The van der Waals surface area contributed by atoms with Gasteiger partial charge in [0.25, 0.3) is 0 Å². The van der Waals surface area contributed by atoms with Gasteiger partial charge < -0.3 is 9.53 Å². The fraction of sp³-hybridized carbons (Fsp3) is 0.500. The molecule has 0 aromatic rings. The van der Waals surface area contributed by atoms with Gasteiger partial charge in [0, 0.05) is 6.54 Å². The van der Waals surface area contributed by atoms with Gasteiger partial charge in [-0.25, -0.2) is 4.79 Å². The molecule has 1 unspecified atom stereocenters. The minimum Gasteiger partial charge on any atom is -0.453 e. The lowest BCUT2D eigenvalue weighted by atomic mass is 10.3. The first kappa shape index (κ1) is 10.7. The third-order valence-electron chi connectivity index (χ3n) is 1.42. The molecule has 0 aliphatic heterocycles. The molecule has 0 radical (unpaired) electrons. The molecule has 1 atom stereocenters. The zero-order chi connectivity index (χ0) is 9.56. The summed E-state index contributed by atoms with van der Waals surface area (Å²) in [4.78, 5) is 22.6. The van der Waals surface area contributed by atoms with Crippen molar-refractivity contribution in [3.8, 4) is 0 Å². The molecule has 0 N–H and O–H groups in total. The predicted octanol–water partition coefficient (Wildman–Crippen LogP) is 0.828. The van der Waals surface area contributed by atoms with Crippen LogP contribution < -0.4 is 0 Å². The number of amides is 1. The van der Waals surface area contributed by atoms with E-state index >= 15 is 0 Å². The standard InChI is InChI=1S/C8H13NO3/c1-4-5-9(7(2)6-10)8(11)12-3/h4,6-7H,1,5H2,2-3H3. The van der Waals surface area contributed by atoms with Crippen LogP contribution in [0, 0.1) is 0 Å². The highest BCUT2D eigenvalue weighted by atomic mass is 16.5. The van der Waals surface area contributed by atoms with Crippen LogP contribution in [0.2, 0.25) is 0 Å². The molecule has 0 bridgehead atoms. The molecule has 0 aromatic carbocycles. The molecule has 1 amide bonds. The van der Waals surface area contributed by atoms with Gasteiger partial charge in [-0.1, -0.05) is 6.08 Å². The Morgan fingerprint density at radius 3 is 2.67 bits per heavy atom. The highest BCUT2D eigenvalue weighted by Crippen LogP contribution is 1.99. The Morgan fingerprint density at radius 2 is 2.33 bits per heavy atom. The molecule has 68 valence electrons. The lowest BCUT2D eigenvalue weighted by Gasteiger charge is -2.22. The van der Waals surface area contributed by atoms with Crippen LogP contribution in [0.5, 0.6) is 0 Å². The predicted molar refractivity (Wildman–Crippen MR) is 44.8 cm³/mol.